The van der Waals surface area contributed by atoms with Crippen LogP contribution in [0, 0.1) is 10.8 Å². The minimum absolute atomic E-state index is 0.00417. The van der Waals surface area contributed by atoms with Gasteiger partial charge in [0, 0.05) is 30.3 Å². The van der Waals surface area contributed by atoms with Crippen LogP contribution >= 0.6 is 0 Å². The van der Waals surface area contributed by atoms with Crippen LogP contribution in [0.5, 0.6) is 0 Å². The summed E-state index contributed by atoms with van der Waals surface area (Å²) in [5, 5.41) is 9.91. The van der Waals surface area contributed by atoms with Crippen LogP contribution < -0.4 is 5.32 Å². The van der Waals surface area contributed by atoms with Crippen molar-refractivity contribution < 1.29 is 9.53 Å². The van der Waals surface area contributed by atoms with Gasteiger partial charge in [0.15, 0.2) is 5.82 Å². The standard InChI is InChI=1S/C15H23N5O2/c1-2-11-17-12(19-18-11)6-16-13(21)20-7-14-4-3-5-15(14,8-20)10-22-9-14/h2-10H2,1H3,(H,16,21)(H,17,18,19). The van der Waals surface area contributed by atoms with Gasteiger partial charge in [-0.2, -0.15) is 5.10 Å². The van der Waals surface area contributed by atoms with Crippen LogP contribution in [0.15, 0.2) is 0 Å². The average molecular weight is 305 g/mol. The molecule has 1 aromatic heterocycles. The van der Waals surface area contributed by atoms with Gasteiger partial charge in [-0.1, -0.05) is 13.3 Å². The van der Waals surface area contributed by atoms with Crippen molar-refractivity contribution in [2.75, 3.05) is 26.3 Å². The van der Waals surface area contributed by atoms with E-state index < -0.39 is 0 Å². The number of rotatable bonds is 3. The minimum atomic E-state index is 0.00417. The van der Waals surface area contributed by atoms with Crippen LogP contribution in [0.25, 0.3) is 0 Å². The molecule has 22 heavy (non-hydrogen) atoms. The number of nitrogens with one attached hydrogen (secondary N) is 2. The lowest BCUT2D eigenvalue weighted by Crippen LogP contribution is -2.40. The van der Waals surface area contributed by atoms with E-state index in [9.17, 15) is 4.79 Å². The molecule has 4 rings (SSSR count). The fourth-order valence-electron chi connectivity index (χ4n) is 4.55. The predicted molar refractivity (Wildman–Crippen MR) is 79.1 cm³/mol. The highest BCUT2D eigenvalue weighted by atomic mass is 16.5. The number of amides is 2. The highest BCUT2D eigenvalue weighted by Crippen LogP contribution is 2.61. The van der Waals surface area contributed by atoms with E-state index >= 15 is 0 Å². The summed E-state index contributed by atoms with van der Waals surface area (Å²) in [7, 11) is 0. The Kier molecular flexibility index (Phi) is 3.14. The van der Waals surface area contributed by atoms with Gasteiger partial charge in [-0.25, -0.2) is 9.78 Å². The SMILES string of the molecule is CCc1n[nH]c(CNC(=O)N2CC34CCCC3(COC4)C2)n1. The van der Waals surface area contributed by atoms with Gasteiger partial charge >= 0.3 is 6.03 Å². The van der Waals surface area contributed by atoms with E-state index in [2.05, 4.69) is 20.5 Å². The van der Waals surface area contributed by atoms with Crippen molar-refractivity contribution >= 4 is 6.03 Å². The zero-order valence-corrected chi connectivity index (χ0v) is 13.0. The van der Waals surface area contributed by atoms with Gasteiger partial charge in [0.05, 0.1) is 19.8 Å². The molecule has 3 fully saturated rings. The first-order valence-electron chi connectivity index (χ1n) is 8.17. The zero-order chi connectivity index (χ0) is 15.2. The first-order valence-corrected chi connectivity index (χ1v) is 8.17. The van der Waals surface area contributed by atoms with E-state index in [1.807, 2.05) is 11.8 Å². The van der Waals surface area contributed by atoms with Gasteiger partial charge in [-0.05, 0) is 12.8 Å². The fourth-order valence-corrected chi connectivity index (χ4v) is 4.55. The largest absolute Gasteiger partial charge is 0.380 e. The molecule has 120 valence electrons. The molecule has 2 amide bonds. The summed E-state index contributed by atoms with van der Waals surface area (Å²) >= 11 is 0. The molecule has 2 unspecified atom stereocenters. The third kappa shape index (κ3) is 1.95. The molecule has 2 N–H and O–H groups in total. The monoisotopic (exact) mass is 305 g/mol. The van der Waals surface area contributed by atoms with E-state index in [0.29, 0.717) is 12.4 Å². The lowest BCUT2D eigenvalue weighted by Gasteiger charge is -2.28. The van der Waals surface area contributed by atoms with Crippen molar-refractivity contribution in [1.29, 1.82) is 0 Å². The van der Waals surface area contributed by atoms with Gasteiger partial charge < -0.3 is 15.0 Å². The lowest BCUT2D eigenvalue weighted by molar-refractivity contribution is 0.119. The van der Waals surface area contributed by atoms with Crippen molar-refractivity contribution in [3.05, 3.63) is 11.6 Å². The van der Waals surface area contributed by atoms with Gasteiger partial charge in [-0.15, -0.1) is 0 Å². The number of nitrogens with zero attached hydrogens (tertiary/aromatic N) is 3. The smallest absolute Gasteiger partial charge is 0.317 e. The van der Waals surface area contributed by atoms with Crippen LogP contribution in [-0.2, 0) is 17.7 Å². The van der Waals surface area contributed by atoms with E-state index in [1.165, 1.54) is 19.3 Å². The van der Waals surface area contributed by atoms with Crippen molar-refractivity contribution in [1.82, 2.24) is 25.4 Å². The maximum absolute atomic E-state index is 12.5. The molecule has 0 radical (unpaired) electrons. The summed E-state index contributed by atoms with van der Waals surface area (Å²) in [5.74, 6) is 1.49. The molecule has 3 aliphatic rings. The summed E-state index contributed by atoms with van der Waals surface area (Å²) in [5.41, 5.74) is 0.428. The minimum Gasteiger partial charge on any atom is -0.380 e. The van der Waals surface area contributed by atoms with E-state index in [-0.39, 0.29) is 16.9 Å². The topological polar surface area (TPSA) is 83.1 Å². The number of carbonyl (C=O) groups excluding carboxylic acids is 1. The Morgan fingerprint density at radius 1 is 1.36 bits per heavy atom. The number of hydrogen-bond donors (Lipinski definition) is 2. The Bertz CT molecular complexity index is 554. The fraction of sp³-hybridized carbons (Fsp3) is 0.800. The molecule has 0 spiro atoms. The predicted octanol–water partition coefficient (Wildman–Crippen LogP) is 1.08. The van der Waals surface area contributed by atoms with Gasteiger partial charge in [0.1, 0.15) is 5.82 Å². The molecular weight excluding hydrogens is 282 g/mol. The van der Waals surface area contributed by atoms with Crippen LogP contribution in [0.4, 0.5) is 4.79 Å². The van der Waals surface area contributed by atoms with Gasteiger partial charge in [0.2, 0.25) is 0 Å². The quantitative estimate of drug-likeness (QED) is 0.875. The van der Waals surface area contributed by atoms with Crippen molar-refractivity contribution in [3.8, 4) is 0 Å². The number of aryl methyl sites for hydroxylation is 1. The summed E-state index contributed by atoms with van der Waals surface area (Å²) in [6.45, 7) is 5.70. The summed E-state index contributed by atoms with van der Waals surface area (Å²) < 4.78 is 5.75. The number of H-pyrrole nitrogens is 1. The first-order chi connectivity index (χ1) is 10.7. The Balaban J connectivity index is 1.38. The molecule has 2 aliphatic heterocycles. The molecule has 7 heteroatoms. The third-order valence-corrected chi connectivity index (χ3v) is 5.77. The first kappa shape index (κ1) is 14.0. The van der Waals surface area contributed by atoms with E-state index in [0.717, 1.165) is 38.5 Å². The van der Waals surface area contributed by atoms with Gasteiger partial charge in [-0.3, -0.25) is 5.10 Å². The average Bonchev–Trinajstić information content (AvgIpc) is 3.19. The van der Waals surface area contributed by atoms with Crippen molar-refractivity contribution in [3.63, 3.8) is 0 Å². The molecule has 2 saturated heterocycles. The third-order valence-electron chi connectivity index (χ3n) is 5.77. The summed E-state index contributed by atoms with van der Waals surface area (Å²) in [4.78, 5) is 18.8. The molecule has 1 saturated carbocycles. The van der Waals surface area contributed by atoms with E-state index in [4.69, 9.17) is 4.74 Å². The lowest BCUT2D eigenvalue weighted by atomic mass is 9.71. The number of likely N-dealkylation sites (tertiary alicyclic amines) is 1. The molecule has 0 bridgehead atoms. The van der Waals surface area contributed by atoms with E-state index in [1.54, 1.807) is 0 Å². The molecule has 1 aliphatic carbocycles. The summed E-state index contributed by atoms with van der Waals surface area (Å²) in [6, 6.07) is 0.00417. The second kappa shape index (κ2) is 4.94. The zero-order valence-electron chi connectivity index (χ0n) is 13.0. The highest BCUT2D eigenvalue weighted by molar-refractivity contribution is 5.74. The maximum Gasteiger partial charge on any atom is 0.317 e. The highest BCUT2D eigenvalue weighted by Gasteiger charge is 2.64. The van der Waals surface area contributed by atoms with Gasteiger partial charge in [0.25, 0.3) is 0 Å². The number of aromatic amines is 1. The van der Waals surface area contributed by atoms with Crippen LogP contribution in [0.3, 0.4) is 0 Å². The van der Waals surface area contributed by atoms with Crippen LogP contribution in [0.1, 0.15) is 37.8 Å². The molecule has 1 aromatic rings. The Hall–Kier alpha value is -1.63. The summed E-state index contributed by atoms with van der Waals surface area (Å²) in [6.07, 6.45) is 4.45. The normalized spacial score (nSPS) is 33.0. The number of aromatic nitrogens is 3. The molecular formula is C15H23N5O2. The van der Waals surface area contributed by atoms with Crippen molar-refractivity contribution in [2.45, 2.75) is 39.2 Å². The molecule has 0 aromatic carbocycles. The Morgan fingerprint density at radius 3 is 2.73 bits per heavy atom. The Morgan fingerprint density at radius 2 is 2.09 bits per heavy atom. The van der Waals surface area contributed by atoms with Crippen molar-refractivity contribution in [2.24, 2.45) is 10.8 Å². The molecule has 2 atom stereocenters. The molecule has 3 heterocycles. The van der Waals surface area contributed by atoms with Crippen LogP contribution in [-0.4, -0.2) is 52.4 Å². The number of ether oxygens (including phenoxy) is 1. The number of urea groups is 1. The number of hydrogen-bond acceptors (Lipinski definition) is 4. The maximum atomic E-state index is 12.5. The molecule has 7 nitrogen and oxygen atoms in total. The van der Waals surface area contributed by atoms with Crippen LogP contribution in [0.2, 0.25) is 0 Å². The second-order valence-electron chi connectivity index (χ2n) is 6.97. The second-order valence-corrected chi connectivity index (χ2v) is 6.97. The number of carbonyl (C=O) groups is 1. The Labute approximate surface area is 129 Å².